The van der Waals surface area contributed by atoms with Crippen molar-refractivity contribution in [3.8, 4) is 11.5 Å². The van der Waals surface area contributed by atoms with E-state index < -0.39 is 21.9 Å². The molecule has 138 valence electrons. The number of carbonyl (C=O) groups excluding carboxylic acids is 1. The van der Waals surface area contributed by atoms with Crippen LogP contribution in [-0.4, -0.2) is 28.0 Å². The van der Waals surface area contributed by atoms with Gasteiger partial charge in [0.15, 0.2) is 18.2 Å². The van der Waals surface area contributed by atoms with Gasteiger partial charge in [-0.2, -0.15) is 0 Å². The first-order valence-electron chi connectivity index (χ1n) is 7.72. The molecule has 0 fully saturated rings. The van der Waals surface area contributed by atoms with Gasteiger partial charge in [-0.3, -0.25) is 4.79 Å². The predicted molar refractivity (Wildman–Crippen MR) is 92.3 cm³/mol. The zero-order valence-corrected chi connectivity index (χ0v) is 14.9. The number of rotatable bonds is 5. The van der Waals surface area contributed by atoms with Crippen LogP contribution in [0.4, 0.5) is 10.1 Å². The summed E-state index contributed by atoms with van der Waals surface area (Å²) < 4.78 is 51.6. The summed E-state index contributed by atoms with van der Waals surface area (Å²) in [6.45, 7) is 1.49. The topological polar surface area (TPSA) is 93.7 Å². The van der Waals surface area contributed by atoms with E-state index in [9.17, 15) is 17.6 Å². The van der Waals surface area contributed by atoms with Crippen LogP contribution in [0.15, 0.2) is 41.3 Å². The van der Waals surface area contributed by atoms with Gasteiger partial charge in [-0.05, 0) is 42.8 Å². The SMILES string of the molecule is COc1ccc([C@H](C)NS(=O)(=O)c2ccc3c(c2)NC(=O)CO3)cc1F. The summed E-state index contributed by atoms with van der Waals surface area (Å²) in [6, 6.07) is 7.71. The Kier molecular flexibility index (Phi) is 4.84. The van der Waals surface area contributed by atoms with Crippen LogP contribution >= 0.6 is 0 Å². The van der Waals surface area contributed by atoms with Crippen molar-refractivity contribution in [1.82, 2.24) is 4.72 Å². The van der Waals surface area contributed by atoms with Crippen LogP contribution in [0.3, 0.4) is 0 Å². The fourth-order valence-corrected chi connectivity index (χ4v) is 3.81. The fourth-order valence-electron chi connectivity index (χ4n) is 2.55. The number of sulfonamides is 1. The third-order valence-corrected chi connectivity index (χ3v) is 5.44. The minimum atomic E-state index is -3.90. The molecule has 26 heavy (non-hydrogen) atoms. The molecular formula is C17H17FN2O5S. The first kappa shape index (κ1) is 18.2. The van der Waals surface area contributed by atoms with Crippen LogP contribution in [0.2, 0.25) is 0 Å². The average molecular weight is 380 g/mol. The van der Waals surface area contributed by atoms with E-state index in [0.717, 1.165) is 0 Å². The lowest BCUT2D eigenvalue weighted by atomic mass is 10.1. The Morgan fingerprint density at radius 2 is 2.04 bits per heavy atom. The minimum absolute atomic E-state index is 0.0390. The molecule has 0 radical (unpaired) electrons. The lowest BCUT2D eigenvalue weighted by molar-refractivity contribution is -0.118. The quantitative estimate of drug-likeness (QED) is 0.830. The highest BCUT2D eigenvalue weighted by molar-refractivity contribution is 7.89. The number of halogens is 1. The first-order chi connectivity index (χ1) is 12.3. The number of nitrogens with one attached hydrogen (secondary N) is 2. The number of fused-ring (bicyclic) bond motifs is 1. The summed E-state index contributed by atoms with van der Waals surface area (Å²) in [5.74, 6) is -0.463. The highest BCUT2D eigenvalue weighted by atomic mass is 32.2. The lowest BCUT2D eigenvalue weighted by Crippen LogP contribution is -2.28. The molecule has 2 aromatic rings. The average Bonchev–Trinajstić information content (AvgIpc) is 2.60. The Morgan fingerprint density at radius 1 is 1.27 bits per heavy atom. The summed E-state index contributed by atoms with van der Waals surface area (Å²) in [4.78, 5) is 11.3. The lowest BCUT2D eigenvalue weighted by Gasteiger charge is -2.19. The Labute approximate surface area is 150 Å². The van der Waals surface area contributed by atoms with Crippen molar-refractivity contribution in [2.24, 2.45) is 0 Å². The number of hydrogen-bond acceptors (Lipinski definition) is 5. The largest absolute Gasteiger partial charge is 0.494 e. The van der Waals surface area contributed by atoms with Crippen LogP contribution < -0.4 is 19.5 Å². The number of anilines is 1. The molecular weight excluding hydrogens is 363 g/mol. The zero-order chi connectivity index (χ0) is 18.9. The maximum absolute atomic E-state index is 13.8. The van der Waals surface area contributed by atoms with Gasteiger partial charge in [-0.1, -0.05) is 6.07 Å². The minimum Gasteiger partial charge on any atom is -0.494 e. The molecule has 3 rings (SSSR count). The van der Waals surface area contributed by atoms with E-state index in [0.29, 0.717) is 11.3 Å². The number of ether oxygens (including phenoxy) is 2. The Morgan fingerprint density at radius 3 is 2.73 bits per heavy atom. The highest BCUT2D eigenvalue weighted by Crippen LogP contribution is 2.30. The van der Waals surface area contributed by atoms with Gasteiger partial charge in [0.1, 0.15) is 5.75 Å². The van der Waals surface area contributed by atoms with Gasteiger partial charge in [0.25, 0.3) is 5.91 Å². The third kappa shape index (κ3) is 3.63. The molecule has 0 saturated heterocycles. The van der Waals surface area contributed by atoms with Crippen LogP contribution in [-0.2, 0) is 14.8 Å². The molecule has 1 aliphatic heterocycles. The number of benzene rings is 2. The van der Waals surface area contributed by atoms with E-state index in [2.05, 4.69) is 10.0 Å². The van der Waals surface area contributed by atoms with Crippen molar-refractivity contribution in [3.63, 3.8) is 0 Å². The molecule has 0 bridgehead atoms. The number of hydrogen-bond donors (Lipinski definition) is 2. The van der Waals surface area contributed by atoms with Crippen molar-refractivity contribution < 1.29 is 27.1 Å². The maximum atomic E-state index is 13.8. The highest BCUT2D eigenvalue weighted by Gasteiger charge is 2.23. The number of carbonyl (C=O) groups is 1. The molecule has 0 spiro atoms. The number of methoxy groups -OCH3 is 1. The van der Waals surface area contributed by atoms with E-state index in [4.69, 9.17) is 9.47 Å². The summed E-state index contributed by atoms with van der Waals surface area (Å²) in [5, 5.41) is 2.56. The molecule has 9 heteroatoms. The van der Waals surface area contributed by atoms with Gasteiger partial charge in [-0.25, -0.2) is 17.5 Å². The van der Waals surface area contributed by atoms with Crippen molar-refractivity contribution in [1.29, 1.82) is 0 Å². The maximum Gasteiger partial charge on any atom is 0.262 e. The van der Waals surface area contributed by atoms with E-state index in [1.807, 2.05) is 0 Å². The Balaban J connectivity index is 1.83. The van der Waals surface area contributed by atoms with Crippen LogP contribution in [0.1, 0.15) is 18.5 Å². The summed E-state index contributed by atoms with van der Waals surface area (Å²) in [7, 11) is -2.55. The Hall–Kier alpha value is -2.65. The molecule has 2 aromatic carbocycles. The second-order valence-corrected chi connectivity index (χ2v) is 7.45. The van der Waals surface area contributed by atoms with Crippen LogP contribution in [0.25, 0.3) is 0 Å². The van der Waals surface area contributed by atoms with E-state index >= 15 is 0 Å². The third-order valence-electron chi connectivity index (χ3n) is 3.90. The van der Waals surface area contributed by atoms with E-state index in [1.54, 1.807) is 13.0 Å². The molecule has 0 aromatic heterocycles. The summed E-state index contributed by atoms with van der Waals surface area (Å²) in [6.07, 6.45) is 0. The zero-order valence-electron chi connectivity index (χ0n) is 14.1. The molecule has 1 heterocycles. The normalized spacial score (nSPS) is 14.8. The van der Waals surface area contributed by atoms with Gasteiger partial charge < -0.3 is 14.8 Å². The van der Waals surface area contributed by atoms with Crippen molar-refractivity contribution in [2.75, 3.05) is 19.0 Å². The second kappa shape index (κ2) is 6.93. The monoisotopic (exact) mass is 380 g/mol. The molecule has 0 aliphatic carbocycles. The molecule has 2 N–H and O–H groups in total. The molecule has 1 amide bonds. The molecule has 0 unspecified atom stereocenters. The Bertz CT molecular complexity index is 962. The fraction of sp³-hybridized carbons (Fsp3) is 0.235. The van der Waals surface area contributed by atoms with Crippen molar-refractivity contribution >= 4 is 21.6 Å². The van der Waals surface area contributed by atoms with Crippen molar-refractivity contribution in [2.45, 2.75) is 17.9 Å². The summed E-state index contributed by atoms with van der Waals surface area (Å²) in [5.41, 5.74) is 0.730. The predicted octanol–water partition coefficient (Wildman–Crippen LogP) is 2.20. The van der Waals surface area contributed by atoms with E-state index in [-0.39, 0.29) is 28.8 Å². The van der Waals surface area contributed by atoms with Gasteiger partial charge >= 0.3 is 0 Å². The molecule has 1 aliphatic rings. The van der Waals surface area contributed by atoms with Gasteiger partial charge in [0.05, 0.1) is 17.7 Å². The van der Waals surface area contributed by atoms with Crippen molar-refractivity contribution in [3.05, 3.63) is 47.8 Å². The van der Waals surface area contributed by atoms with Gasteiger partial charge in [-0.15, -0.1) is 0 Å². The summed E-state index contributed by atoms with van der Waals surface area (Å²) >= 11 is 0. The van der Waals surface area contributed by atoms with Crippen LogP contribution in [0, 0.1) is 5.82 Å². The molecule has 1 atom stereocenters. The second-order valence-electron chi connectivity index (χ2n) is 5.73. The number of amides is 1. The molecule has 0 saturated carbocycles. The molecule has 7 nitrogen and oxygen atoms in total. The first-order valence-corrected chi connectivity index (χ1v) is 9.21. The van der Waals surface area contributed by atoms with Gasteiger partial charge in [0.2, 0.25) is 10.0 Å². The van der Waals surface area contributed by atoms with Crippen LogP contribution in [0.5, 0.6) is 11.5 Å². The standard InChI is InChI=1S/C17H17FN2O5S/c1-10(11-3-5-15(24-2)13(18)7-11)20-26(22,23)12-4-6-16-14(8-12)19-17(21)9-25-16/h3-8,10,20H,9H2,1-2H3,(H,19,21)/t10-/m0/s1. The smallest absolute Gasteiger partial charge is 0.262 e. The van der Waals surface area contributed by atoms with Gasteiger partial charge in [0, 0.05) is 6.04 Å². The van der Waals surface area contributed by atoms with E-state index in [1.165, 1.54) is 37.4 Å².